The van der Waals surface area contributed by atoms with Crippen molar-refractivity contribution in [1.29, 1.82) is 0 Å². The van der Waals surface area contributed by atoms with E-state index in [0.717, 1.165) is 6.26 Å². The highest BCUT2D eigenvalue weighted by Crippen LogP contribution is 2.11. The summed E-state index contributed by atoms with van der Waals surface area (Å²) in [6.07, 6.45) is 1.09. The molecule has 0 spiro atoms. The Bertz CT molecular complexity index is 544. The van der Waals surface area contributed by atoms with Gasteiger partial charge < -0.3 is 10.1 Å². The number of hydrogen-bond donors (Lipinski definition) is 1. The molecule has 7 heteroatoms. The number of benzene rings is 1. The van der Waals surface area contributed by atoms with E-state index in [2.05, 4.69) is 5.32 Å². The van der Waals surface area contributed by atoms with Gasteiger partial charge in [-0.1, -0.05) is 6.07 Å². The van der Waals surface area contributed by atoms with Crippen molar-refractivity contribution in [3.8, 4) is 0 Å². The van der Waals surface area contributed by atoms with Crippen molar-refractivity contribution in [3.05, 3.63) is 29.8 Å². The lowest BCUT2D eigenvalue weighted by molar-refractivity contribution is 0.0906. The number of carbonyl (C=O) groups excluding carboxylic acids is 1. The van der Waals surface area contributed by atoms with Crippen molar-refractivity contribution < 1.29 is 17.9 Å². The number of amides is 1. The minimum Gasteiger partial charge on any atom is -0.383 e. The van der Waals surface area contributed by atoms with Crippen LogP contribution < -0.4 is 5.32 Å². The number of nitrogens with one attached hydrogen (secondary N) is 1. The number of methoxy groups -OCH3 is 1. The van der Waals surface area contributed by atoms with Crippen LogP contribution in [-0.4, -0.2) is 46.2 Å². The van der Waals surface area contributed by atoms with E-state index in [1.165, 1.54) is 25.3 Å². The number of ether oxygens (including phenoxy) is 1. The standard InChI is InChI=1S/C12H16ClNO4S/c1-18-8-10(7-13)14-12(15)9-4-3-5-11(6-9)19(2,16)17/h3-6,10H,7-8H2,1-2H3,(H,14,15). The summed E-state index contributed by atoms with van der Waals surface area (Å²) in [4.78, 5) is 12.1. The lowest BCUT2D eigenvalue weighted by atomic mass is 10.2. The fraction of sp³-hybridized carbons (Fsp3) is 0.417. The van der Waals surface area contributed by atoms with Crippen molar-refractivity contribution in [2.45, 2.75) is 10.9 Å². The van der Waals surface area contributed by atoms with E-state index >= 15 is 0 Å². The zero-order chi connectivity index (χ0) is 14.5. The van der Waals surface area contributed by atoms with Gasteiger partial charge >= 0.3 is 0 Å². The molecule has 1 N–H and O–H groups in total. The van der Waals surface area contributed by atoms with Crippen molar-refractivity contribution in [1.82, 2.24) is 5.32 Å². The van der Waals surface area contributed by atoms with E-state index in [0.29, 0.717) is 6.61 Å². The summed E-state index contributed by atoms with van der Waals surface area (Å²) < 4.78 is 27.7. The van der Waals surface area contributed by atoms with Crippen LogP contribution in [0, 0.1) is 0 Å². The number of hydrogen-bond acceptors (Lipinski definition) is 4. The molecule has 0 aliphatic heterocycles. The Hall–Kier alpha value is -1.11. The number of rotatable bonds is 6. The largest absolute Gasteiger partial charge is 0.383 e. The molecule has 1 amide bonds. The van der Waals surface area contributed by atoms with Gasteiger partial charge in [-0.05, 0) is 18.2 Å². The van der Waals surface area contributed by atoms with Gasteiger partial charge in [-0.2, -0.15) is 0 Å². The summed E-state index contributed by atoms with van der Waals surface area (Å²) in [7, 11) is -1.82. The first-order valence-electron chi connectivity index (χ1n) is 5.54. The first-order chi connectivity index (χ1) is 8.88. The SMILES string of the molecule is COCC(CCl)NC(=O)c1cccc(S(C)(=O)=O)c1. The molecule has 0 bridgehead atoms. The molecule has 0 aromatic heterocycles. The number of alkyl halides is 1. The molecule has 0 saturated heterocycles. The van der Waals surface area contributed by atoms with Gasteiger partial charge in [0, 0.05) is 24.8 Å². The minimum atomic E-state index is -3.33. The maximum absolute atomic E-state index is 11.9. The van der Waals surface area contributed by atoms with Crippen molar-refractivity contribution in [3.63, 3.8) is 0 Å². The quantitative estimate of drug-likeness (QED) is 0.798. The van der Waals surface area contributed by atoms with Crippen LogP contribution in [0.4, 0.5) is 0 Å². The molecule has 106 valence electrons. The summed E-state index contributed by atoms with van der Waals surface area (Å²) in [5, 5.41) is 2.67. The van der Waals surface area contributed by atoms with Gasteiger partial charge in [0.05, 0.1) is 17.5 Å². The third-order valence-electron chi connectivity index (χ3n) is 2.41. The molecule has 5 nitrogen and oxygen atoms in total. The zero-order valence-electron chi connectivity index (χ0n) is 10.7. The molecule has 1 atom stereocenters. The molecule has 1 unspecified atom stereocenters. The smallest absolute Gasteiger partial charge is 0.251 e. The second-order valence-corrected chi connectivity index (χ2v) is 6.40. The highest BCUT2D eigenvalue weighted by Gasteiger charge is 2.15. The van der Waals surface area contributed by atoms with Gasteiger partial charge in [-0.25, -0.2) is 8.42 Å². The molecule has 0 radical (unpaired) electrons. The van der Waals surface area contributed by atoms with Gasteiger partial charge in [-0.3, -0.25) is 4.79 Å². The van der Waals surface area contributed by atoms with Crippen LogP contribution in [0.5, 0.6) is 0 Å². The second-order valence-electron chi connectivity index (χ2n) is 4.08. The Morgan fingerprint density at radius 1 is 1.47 bits per heavy atom. The van der Waals surface area contributed by atoms with Gasteiger partial charge in [-0.15, -0.1) is 11.6 Å². The molecule has 0 fully saturated rings. The third kappa shape index (κ3) is 4.81. The van der Waals surface area contributed by atoms with Crippen molar-refractivity contribution >= 4 is 27.3 Å². The molecule has 0 saturated carbocycles. The lowest BCUT2D eigenvalue weighted by Gasteiger charge is -2.15. The molecule has 1 aromatic carbocycles. The van der Waals surface area contributed by atoms with Gasteiger partial charge in [0.2, 0.25) is 0 Å². The summed E-state index contributed by atoms with van der Waals surface area (Å²) >= 11 is 5.69. The van der Waals surface area contributed by atoms with Gasteiger partial charge in [0.1, 0.15) is 0 Å². The maximum atomic E-state index is 11.9. The van der Waals surface area contributed by atoms with Crippen LogP contribution >= 0.6 is 11.6 Å². The van der Waals surface area contributed by atoms with Crippen LogP contribution in [0.15, 0.2) is 29.2 Å². The van der Waals surface area contributed by atoms with E-state index < -0.39 is 9.84 Å². The van der Waals surface area contributed by atoms with Crippen LogP contribution in [0.2, 0.25) is 0 Å². The second kappa shape index (κ2) is 6.88. The average Bonchev–Trinajstić information content (AvgIpc) is 2.37. The van der Waals surface area contributed by atoms with E-state index in [9.17, 15) is 13.2 Å². The summed E-state index contributed by atoms with van der Waals surface area (Å²) in [6.45, 7) is 0.293. The average molecular weight is 306 g/mol. The topological polar surface area (TPSA) is 72.5 Å². The molecular weight excluding hydrogens is 290 g/mol. The minimum absolute atomic E-state index is 0.106. The highest BCUT2D eigenvalue weighted by atomic mass is 35.5. The number of carbonyl (C=O) groups is 1. The first-order valence-corrected chi connectivity index (χ1v) is 7.97. The number of sulfone groups is 1. The van der Waals surface area contributed by atoms with E-state index in [1.807, 2.05) is 0 Å². The van der Waals surface area contributed by atoms with Crippen molar-refractivity contribution in [2.24, 2.45) is 0 Å². The summed E-state index contributed by atoms with van der Waals surface area (Å²) in [6, 6.07) is 5.53. The fourth-order valence-corrected chi connectivity index (χ4v) is 2.30. The summed E-state index contributed by atoms with van der Waals surface area (Å²) in [5.41, 5.74) is 0.272. The van der Waals surface area contributed by atoms with E-state index in [4.69, 9.17) is 16.3 Å². The monoisotopic (exact) mass is 305 g/mol. The Morgan fingerprint density at radius 3 is 2.68 bits per heavy atom. The van der Waals surface area contributed by atoms with Crippen LogP contribution in [0.25, 0.3) is 0 Å². The molecule has 1 rings (SSSR count). The Morgan fingerprint density at radius 2 is 2.16 bits per heavy atom. The molecule has 0 aliphatic carbocycles. The zero-order valence-corrected chi connectivity index (χ0v) is 12.3. The number of halogens is 1. The highest BCUT2D eigenvalue weighted by molar-refractivity contribution is 7.90. The molecule has 0 heterocycles. The van der Waals surface area contributed by atoms with Crippen LogP contribution in [0.3, 0.4) is 0 Å². The molecule has 19 heavy (non-hydrogen) atoms. The van der Waals surface area contributed by atoms with Gasteiger partial charge in [0.25, 0.3) is 5.91 Å². The summed E-state index contributed by atoms with van der Waals surface area (Å²) in [5.74, 6) is -0.168. The molecule has 0 aliphatic rings. The molecule has 1 aromatic rings. The van der Waals surface area contributed by atoms with Crippen LogP contribution in [0.1, 0.15) is 10.4 Å². The van der Waals surface area contributed by atoms with Crippen LogP contribution in [-0.2, 0) is 14.6 Å². The third-order valence-corrected chi connectivity index (χ3v) is 3.90. The normalized spacial score (nSPS) is 13.0. The Labute approximate surface area is 117 Å². The maximum Gasteiger partial charge on any atom is 0.251 e. The van der Waals surface area contributed by atoms with Gasteiger partial charge in [0.15, 0.2) is 9.84 Å². The Balaban J connectivity index is 2.88. The Kier molecular flexibility index (Phi) is 5.78. The predicted molar refractivity (Wildman–Crippen MR) is 73.4 cm³/mol. The van der Waals surface area contributed by atoms with E-state index in [-0.39, 0.29) is 28.3 Å². The fourth-order valence-electron chi connectivity index (χ4n) is 1.46. The molecular formula is C12H16ClNO4S. The predicted octanol–water partition coefficient (Wildman–Crippen LogP) is 1.07. The first kappa shape index (κ1) is 15.9. The van der Waals surface area contributed by atoms with Crippen molar-refractivity contribution in [2.75, 3.05) is 25.9 Å². The van der Waals surface area contributed by atoms with E-state index in [1.54, 1.807) is 6.07 Å². The lowest BCUT2D eigenvalue weighted by Crippen LogP contribution is -2.39.